The van der Waals surface area contributed by atoms with E-state index in [1.807, 2.05) is 49.4 Å². The van der Waals surface area contributed by atoms with Crippen LogP contribution in [0.25, 0.3) is 16.9 Å². The lowest BCUT2D eigenvalue weighted by atomic mass is 10.1. The maximum Gasteiger partial charge on any atom is 0.270 e. The quantitative estimate of drug-likeness (QED) is 0.502. The molecule has 160 valence electrons. The lowest BCUT2D eigenvalue weighted by Crippen LogP contribution is -2.25. The number of amides is 1. The molecule has 0 saturated heterocycles. The summed E-state index contributed by atoms with van der Waals surface area (Å²) < 4.78 is 25.7. The number of fused-ring (bicyclic) bond motifs is 1. The van der Waals surface area contributed by atoms with Crippen LogP contribution in [-0.4, -0.2) is 22.5 Å². The maximum atomic E-state index is 13.4. The van der Waals surface area contributed by atoms with Gasteiger partial charge in [0.05, 0.1) is 11.4 Å². The molecule has 6 nitrogen and oxygen atoms in total. The molecule has 4 aromatic rings. The van der Waals surface area contributed by atoms with Gasteiger partial charge in [0.2, 0.25) is 6.79 Å². The fourth-order valence-corrected chi connectivity index (χ4v) is 3.58. The van der Waals surface area contributed by atoms with Crippen LogP contribution in [0, 0.1) is 12.7 Å². The zero-order valence-corrected chi connectivity index (χ0v) is 17.3. The van der Waals surface area contributed by atoms with Crippen LogP contribution in [0.1, 0.15) is 21.6 Å². The minimum Gasteiger partial charge on any atom is -0.454 e. The minimum atomic E-state index is -0.325. The van der Waals surface area contributed by atoms with Crippen LogP contribution in [0.4, 0.5) is 4.39 Å². The molecule has 0 atom stereocenters. The number of hydrogen-bond donors (Lipinski definition) is 1. The van der Waals surface area contributed by atoms with Gasteiger partial charge in [0.1, 0.15) is 11.5 Å². The molecular formula is C25H20FN3O3. The Morgan fingerprint density at radius 2 is 1.84 bits per heavy atom. The van der Waals surface area contributed by atoms with Gasteiger partial charge in [-0.25, -0.2) is 9.07 Å². The van der Waals surface area contributed by atoms with Crippen LogP contribution >= 0.6 is 0 Å². The maximum absolute atomic E-state index is 13.4. The van der Waals surface area contributed by atoms with Crippen molar-refractivity contribution in [1.29, 1.82) is 0 Å². The molecule has 0 saturated carbocycles. The summed E-state index contributed by atoms with van der Waals surface area (Å²) in [6.07, 6.45) is 0. The molecule has 2 heterocycles. The van der Waals surface area contributed by atoms with E-state index in [0.717, 1.165) is 22.4 Å². The second kappa shape index (κ2) is 8.19. The Morgan fingerprint density at radius 1 is 1.03 bits per heavy atom. The number of carbonyl (C=O) groups excluding carboxylic acids is 1. The van der Waals surface area contributed by atoms with Crippen LogP contribution in [0.2, 0.25) is 0 Å². The van der Waals surface area contributed by atoms with Gasteiger partial charge in [-0.1, -0.05) is 18.2 Å². The summed E-state index contributed by atoms with van der Waals surface area (Å²) in [6, 6.07) is 21.1. The van der Waals surface area contributed by atoms with Gasteiger partial charge in [-0.3, -0.25) is 4.79 Å². The number of halogens is 1. The van der Waals surface area contributed by atoms with Gasteiger partial charge in [0.15, 0.2) is 11.5 Å². The topological polar surface area (TPSA) is 65.4 Å². The first-order chi connectivity index (χ1) is 15.6. The van der Waals surface area contributed by atoms with E-state index < -0.39 is 0 Å². The number of aryl methyl sites for hydroxylation is 1. The standard InChI is InChI=1S/C25H20FN3O3/c1-16-3-2-4-20(11-16)29-22(13-21(28-29)18-6-8-19(26)9-7-18)25(30)27-14-17-5-10-23-24(12-17)32-15-31-23/h2-13H,14-15H2,1H3,(H,27,30). The molecule has 0 bridgehead atoms. The van der Waals surface area contributed by atoms with Crippen molar-refractivity contribution in [1.82, 2.24) is 15.1 Å². The highest BCUT2D eigenvalue weighted by Gasteiger charge is 2.19. The van der Waals surface area contributed by atoms with Crippen LogP contribution < -0.4 is 14.8 Å². The third-order valence-corrected chi connectivity index (χ3v) is 5.22. The summed E-state index contributed by atoms with van der Waals surface area (Å²) in [5, 5.41) is 7.59. The fraction of sp³-hybridized carbons (Fsp3) is 0.120. The van der Waals surface area contributed by atoms with Crippen molar-refractivity contribution < 1.29 is 18.7 Å². The van der Waals surface area contributed by atoms with Crippen molar-refractivity contribution in [3.05, 3.63) is 95.4 Å². The number of rotatable bonds is 5. The summed E-state index contributed by atoms with van der Waals surface area (Å²) in [7, 11) is 0. The molecule has 0 spiro atoms. The Balaban J connectivity index is 1.45. The molecule has 0 aliphatic carbocycles. The average molecular weight is 429 g/mol. The highest BCUT2D eigenvalue weighted by atomic mass is 19.1. The number of ether oxygens (including phenoxy) is 2. The van der Waals surface area contributed by atoms with Gasteiger partial charge >= 0.3 is 0 Å². The first-order valence-corrected chi connectivity index (χ1v) is 10.2. The fourth-order valence-electron chi connectivity index (χ4n) is 3.58. The third-order valence-electron chi connectivity index (χ3n) is 5.22. The predicted octanol–water partition coefficient (Wildman–Crippen LogP) is 4.65. The van der Waals surface area contributed by atoms with Gasteiger partial charge in [-0.15, -0.1) is 0 Å². The van der Waals surface area contributed by atoms with E-state index in [-0.39, 0.29) is 18.5 Å². The molecule has 1 aliphatic rings. The first-order valence-electron chi connectivity index (χ1n) is 10.2. The number of hydrogen-bond acceptors (Lipinski definition) is 4. The van der Waals surface area contributed by atoms with Crippen LogP contribution in [-0.2, 0) is 6.54 Å². The molecule has 7 heteroatoms. The van der Waals surface area contributed by atoms with E-state index in [2.05, 4.69) is 10.4 Å². The van der Waals surface area contributed by atoms with E-state index in [1.165, 1.54) is 12.1 Å². The molecule has 1 N–H and O–H groups in total. The van der Waals surface area contributed by atoms with Gasteiger partial charge in [-0.2, -0.15) is 5.10 Å². The molecular weight excluding hydrogens is 409 g/mol. The van der Waals surface area contributed by atoms with Crippen molar-refractivity contribution >= 4 is 5.91 Å². The number of benzene rings is 3. The summed E-state index contributed by atoms with van der Waals surface area (Å²) >= 11 is 0. The van der Waals surface area contributed by atoms with Crippen molar-refractivity contribution in [3.8, 4) is 28.4 Å². The average Bonchev–Trinajstić information content (AvgIpc) is 3.45. The Morgan fingerprint density at radius 3 is 2.66 bits per heavy atom. The van der Waals surface area contributed by atoms with E-state index in [1.54, 1.807) is 22.9 Å². The lowest BCUT2D eigenvalue weighted by molar-refractivity contribution is 0.0943. The van der Waals surface area contributed by atoms with Crippen LogP contribution in [0.5, 0.6) is 11.5 Å². The van der Waals surface area contributed by atoms with Gasteiger partial charge < -0.3 is 14.8 Å². The number of nitrogens with zero attached hydrogens (tertiary/aromatic N) is 2. The highest BCUT2D eigenvalue weighted by molar-refractivity contribution is 5.94. The monoisotopic (exact) mass is 429 g/mol. The Bertz CT molecular complexity index is 1300. The molecule has 1 aromatic heterocycles. The second-order valence-corrected chi connectivity index (χ2v) is 7.54. The zero-order valence-electron chi connectivity index (χ0n) is 17.3. The van der Waals surface area contributed by atoms with Crippen molar-refractivity contribution in [2.24, 2.45) is 0 Å². The molecule has 0 radical (unpaired) electrons. The van der Waals surface area contributed by atoms with Crippen molar-refractivity contribution in [2.75, 3.05) is 6.79 Å². The summed E-state index contributed by atoms with van der Waals surface area (Å²) in [5.74, 6) is 0.764. The van der Waals surface area contributed by atoms with Gasteiger partial charge in [0, 0.05) is 12.1 Å². The van der Waals surface area contributed by atoms with E-state index in [4.69, 9.17) is 9.47 Å². The first kappa shape index (κ1) is 19.8. The third kappa shape index (κ3) is 3.92. The summed E-state index contributed by atoms with van der Waals surface area (Å²) in [6.45, 7) is 2.50. The highest BCUT2D eigenvalue weighted by Crippen LogP contribution is 2.32. The largest absolute Gasteiger partial charge is 0.454 e. The molecule has 1 amide bonds. The molecule has 0 unspecified atom stereocenters. The van der Waals surface area contributed by atoms with Crippen molar-refractivity contribution in [3.63, 3.8) is 0 Å². The molecule has 3 aromatic carbocycles. The number of aromatic nitrogens is 2. The van der Waals surface area contributed by atoms with Crippen LogP contribution in [0.3, 0.4) is 0 Å². The Hall–Kier alpha value is -4.13. The molecule has 32 heavy (non-hydrogen) atoms. The van der Waals surface area contributed by atoms with E-state index >= 15 is 0 Å². The predicted molar refractivity (Wildman–Crippen MR) is 117 cm³/mol. The van der Waals surface area contributed by atoms with Crippen molar-refractivity contribution in [2.45, 2.75) is 13.5 Å². The molecule has 0 fully saturated rings. The lowest BCUT2D eigenvalue weighted by Gasteiger charge is -2.09. The van der Waals surface area contributed by atoms with E-state index in [0.29, 0.717) is 29.4 Å². The summed E-state index contributed by atoms with van der Waals surface area (Å²) in [5.41, 5.74) is 4.40. The zero-order chi connectivity index (χ0) is 22.1. The Labute approximate surface area is 184 Å². The van der Waals surface area contributed by atoms with Gasteiger partial charge in [-0.05, 0) is 72.6 Å². The normalized spacial score (nSPS) is 12.1. The van der Waals surface area contributed by atoms with E-state index in [9.17, 15) is 9.18 Å². The number of carbonyl (C=O) groups is 1. The number of nitrogens with one attached hydrogen (secondary N) is 1. The van der Waals surface area contributed by atoms with Crippen LogP contribution in [0.15, 0.2) is 72.8 Å². The minimum absolute atomic E-state index is 0.201. The SMILES string of the molecule is Cc1cccc(-n2nc(-c3ccc(F)cc3)cc2C(=O)NCc2ccc3c(c2)OCO3)c1. The smallest absolute Gasteiger partial charge is 0.270 e. The Kier molecular flexibility index (Phi) is 5.07. The summed E-state index contributed by atoms with van der Waals surface area (Å²) in [4.78, 5) is 13.1. The second-order valence-electron chi connectivity index (χ2n) is 7.54. The molecule has 1 aliphatic heterocycles. The van der Waals surface area contributed by atoms with Gasteiger partial charge in [0.25, 0.3) is 5.91 Å². The molecule has 5 rings (SSSR count).